The molecular formula is C18H19ClFN3O3S. The van der Waals surface area contributed by atoms with Gasteiger partial charge in [-0.1, -0.05) is 11.6 Å². The van der Waals surface area contributed by atoms with E-state index in [-0.39, 0.29) is 22.4 Å². The van der Waals surface area contributed by atoms with Crippen molar-refractivity contribution in [2.75, 3.05) is 30.3 Å². The smallest absolute Gasteiger partial charge is 0.243 e. The number of amides is 1. The Morgan fingerprint density at radius 3 is 2.33 bits per heavy atom. The Morgan fingerprint density at radius 2 is 1.70 bits per heavy atom. The maximum atomic E-state index is 13.1. The first-order valence-corrected chi connectivity index (χ1v) is 10.3. The molecule has 2 aromatic carbocycles. The molecule has 1 fully saturated rings. The van der Waals surface area contributed by atoms with E-state index < -0.39 is 15.8 Å². The second-order valence-electron chi connectivity index (χ2n) is 6.17. The van der Waals surface area contributed by atoms with Gasteiger partial charge in [0, 0.05) is 24.5 Å². The summed E-state index contributed by atoms with van der Waals surface area (Å²) in [6.45, 7) is 1.04. The first kappa shape index (κ1) is 19.6. The van der Waals surface area contributed by atoms with Gasteiger partial charge >= 0.3 is 0 Å². The first-order valence-electron chi connectivity index (χ1n) is 8.45. The Labute approximate surface area is 162 Å². The minimum atomic E-state index is -3.47. The molecule has 1 heterocycles. The lowest BCUT2D eigenvalue weighted by molar-refractivity contribution is -0.114. The highest BCUT2D eigenvalue weighted by molar-refractivity contribution is 7.89. The molecule has 0 aliphatic carbocycles. The summed E-state index contributed by atoms with van der Waals surface area (Å²) in [5.41, 5.74) is 1.00. The largest absolute Gasteiger partial charge is 0.376 e. The van der Waals surface area contributed by atoms with Crippen LogP contribution in [0, 0.1) is 5.82 Å². The summed E-state index contributed by atoms with van der Waals surface area (Å²) in [7, 11) is -3.47. The molecule has 1 amide bonds. The topological polar surface area (TPSA) is 78.5 Å². The summed E-state index contributed by atoms with van der Waals surface area (Å²) in [6.07, 6.45) is 1.75. The molecule has 0 saturated carbocycles. The molecule has 1 saturated heterocycles. The van der Waals surface area contributed by atoms with Crippen molar-refractivity contribution in [3.8, 4) is 0 Å². The van der Waals surface area contributed by atoms with Gasteiger partial charge in [-0.15, -0.1) is 0 Å². The number of sulfonamides is 1. The number of carbonyl (C=O) groups excluding carboxylic acids is 1. The quantitative estimate of drug-likeness (QED) is 0.764. The third kappa shape index (κ3) is 4.77. The summed E-state index contributed by atoms with van der Waals surface area (Å²) in [5, 5.41) is 5.48. The molecule has 0 spiro atoms. The molecular weight excluding hydrogens is 393 g/mol. The third-order valence-electron chi connectivity index (χ3n) is 4.21. The van der Waals surface area contributed by atoms with Crippen molar-refractivity contribution < 1.29 is 17.6 Å². The second-order valence-corrected chi connectivity index (χ2v) is 8.51. The molecule has 0 unspecified atom stereocenters. The molecule has 2 aromatic rings. The van der Waals surface area contributed by atoms with E-state index in [0.29, 0.717) is 24.5 Å². The standard InChI is InChI=1S/C18H19ClFN3O3S/c19-16-11-14(5-8-17(16)20)21-12-18(24)22-13-3-6-15(7-4-13)27(25,26)23-9-1-2-10-23/h3-8,11,21H,1-2,9-10,12H2,(H,22,24). The van der Waals surface area contributed by atoms with Crippen LogP contribution in [0.5, 0.6) is 0 Å². The average Bonchev–Trinajstić information content (AvgIpc) is 3.19. The Morgan fingerprint density at radius 1 is 1.07 bits per heavy atom. The molecule has 6 nitrogen and oxygen atoms in total. The van der Waals surface area contributed by atoms with Crippen LogP contribution in [0.4, 0.5) is 15.8 Å². The van der Waals surface area contributed by atoms with Crippen molar-refractivity contribution in [2.24, 2.45) is 0 Å². The van der Waals surface area contributed by atoms with E-state index >= 15 is 0 Å². The molecule has 0 aromatic heterocycles. The Hall–Kier alpha value is -2.16. The zero-order chi connectivity index (χ0) is 19.4. The third-order valence-corrected chi connectivity index (χ3v) is 6.42. The monoisotopic (exact) mass is 411 g/mol. The summed E-state index contributed by atoms with van der Waals surface area (Å²) in [6, 6.07) is 10.1. The fraction of sp³-hybridized carbons (Fsp3) is 0.278. The lowest BCUT2D eigenvalue weighted by Crippen LogP contribution is -2.27. The summed E-state index contributed by atoms with van der Waals surface area (Å²) in [5.74, 6) is -0.860. The van der Waals surface area contributed by atoms with Gasteiger partial charge in [-0.25, -0.2) is 12.8 Å². The van der Waals surface area contributed by atoms with Gasteiger partial charge in [0.2, 0.25) is 15.9 Å². The van der Waals surface area contributed by atoms with E-state index in [2.05, 4.69) is 10.6 Å². The molecule has 27 heavy (non-hydrogen) atoms. The van der Waals surface area contributed by atoms with Gasteiger partial charge in [0.25, 0.3) is 0 Å². The van der Waals surface area contributed by atoms with Crippen LogP contribution < -0.4 is 10.6 Å². The molecule has 3 rings (SSSR count). The number of nitrogens with one attached hydrogen (secondary N) is 2. The Bertz CT molecular complexity index is 929. The van der Waals surface area contributed by atoms with E-state index in [1.54, 1.807) is 12.1 Å². The van der Waals surface area contributed by atoms with Crippen LogP contribution in [-0.2, 0) is 14.8 Å². The maximum Gasteiger partial charge on any atom is 0.243 e. The van der Waals surface area contributed by atoms with Gasteiger partial charge in [-0.2, -0.15) is 4.31 Å². The van der Waals surface area contributed by atoms with Crippen molar-refractivity contribution in [3.05, 3.63) is 53.3 Å². The summed E-state index contributed by atoms with van der Waals surface area (Å²) >= 11 is 5.69. The number of hydrogen-bond donors (Lipinski definition) is 2. The van der Waals surface area contributed by atoms with Gasteiger partial charge in [-0.05, 0) is 55.3 Å². The van der Waals surface area contributed by atoms with Gasteiger partial charge in [-0.3, -0.25) is 4.79 Å². The number of anilines is 2. The van der Waals surface area contributed by atoms with Gasteiger partial charge in [0.05, 0.1) is 16.5 Å². The van der Waals surface area contributed by atoms with E-state index in [9.17, 15) is 17.6 Å². The highest BCUT2D eigenvalue weighted by atomic mass is 35.5. The fourth-order valence-electron chi connectivity index (χ4n) is 2.78. The van der Waals surface area contributed by atoms with Crippen LogP contribution in [0.15, 0.2) is 47.4 Å². The maximum absolute atomic E-state index is 13.1. The van der Waals surface area contributed by atoms with Crippen molar-refractivity contribution in [2.45, 2.75) is 17.7 Å². The SMILES string of the molecule is O=C(CNc1ccc(F)c(Cl)c1)Nc1ccc(S(=O)(=O)N2CCCC2)cc1. The minimum Gasteiger partial charge on any atom is -0.376 e. The van der Waals surface area contributed by atoms with E-state index in [0.717, 1.165) is 12.8 Å². The van der Waals surface area contributed by atoms with Gasteiger partial charge in [0.15, 0.2) is 0 Å². The average molecular weight is 412 g/mol. The first-order chi connectivity index (χ1) is 12.9. The zero-order valence-corrected chi connectivity index (χ0v) is 16.0. The molecule has 9 heteroatoms. The lowest BCUT2D eigenvalue weighted by Gasteiger charge is -2.15. The van der Waals surface area contributed by atoms with Gasteiger partial charge < -0.3 is 10.6 Å². The molecule has 0 bridgehead atoms. The number of rotatable bonds is 6. The van der Waals surface area contributed by atoms with Crippen LogP contribution in [-0.4, -0.2) is 38.3 Å². The van der Waals surface area contributed by atoms with E-state index in [4.69, 9.17) is 11.6 Å². The second kappa shape index (κ2) is 8.24. The van der Waals surface area contributed by atoms with Crippen LogP contribution in [0.1, 0.15) is 12.8 Å². The van der Waals surface area contributed by atoms with E-state index in [1.165, 1.54) is 34.6 Å². The predicted molar refractivity (Wildman–Crippen MR) is 103 cm³/mol. The highest BCUT2D eigenvalue weighted by Gasteiger charge is 2.26. The van der Waals surface area contributed by atoms with Gasteiger partial charge in [0.1, 0.15) is 5.82 Å². The molecule has 144 valence electrons. The normalized spacial score (nSPS) is 14.9. The number of nitrogens with zero attached hydrogens (tertiary/aromatic N) is 1. The minimum absolute atomic E-state index is 0.0322. The number of hydrogen-bond acceptors (Lipinski definition) is 4. The van der Waals surface area contributed by atoms with Crippen LogP contribution >= 0.6 is 11.6 Å². The zero-order valence-electron chi connectivity index (χ0n) is 14.4. The molecule has 1 aliphatic heterocycles. The number of carbonyl (C=O) groups is 1. The molecule has 1 aliphatic rings. The molecule has 2 N–H and O–H groups in total. The molecule has 0 radical (unpaired) electrons. The highest BCUT2D eigenvalue weighted by Crippen LogP contribution is 2.22. The number of halogens is 2. The molecule has 0 atom stereocenters. The fourth-order valence-corrected chi connectivity index (χ4v) is 4.48. The van der Waals surface area contributed by atoms with Crippen molar-refractivity contribution in [1.29, 1.82) is 0 Å². The van der Waals surface area contributed by atoms with Crippen molar-refractivity contribution >= 4 is 38.9 Å². The van der Waals surface area contributed by atoms with E-state index in [1.807, 2.05) is 0 Å². The Balaban J connectivity index is 1.57. The van der Waals surface area contributed by atoms with Crippen LogP contribution in [0.2, 0.25) is 5.02 Å². The summed E-state index contributed by atoms with van der Waals surface area (Å²) in [4.78, 5) is 12.2. The predicted octanol–water partition coefficient (Wildman–Crippen LogP) is 3.31. The summed E-state index contributed by atoms with van der Waals surface area (Å²) < 4.78 is 39.5. The number of benzene rings is 2. The lowest BCUT2D eigenvalue weighted by atomic mass is 10.3. The van der Waals surface area contributed by atoms with Crippen LogP contribution in [0.3, 0.4) is 0 Å². The van der Waals surface area contributed by atoms with Crippen molar-refractivity contribution in [1.82, 2.24) is 4.31 Å². The Kier molecular flexibility index (Phi) is 5.98. The van der Waals surface area contributed by atoms with Crippen LogP contribution in [0.25, 0.3) is 0 Å². The van der Waals surface area contributed by atoms with Crippen molar-refractivity contribution in [3.63, 3.8) is 0 Å².